The number of ether oxygens (including phenoxy) is 2. The van der Waals surface area contributed by atoms with Crippen LogP contribution >= 0.6 is 15.9 Å². The average molecular weight is 342 g/mol. The number of carbonyl (C=O) groups excluding carboxylic acids is 1. The lowest BCUT2D eigenvalue weighted by Gasteiger charge is -2.20. The first-order chi connectivity index (χ1) is 9.28. The fraction of sp³-hybridized carbons (Fsp3) is 0.385. The van der Waals surface area contributed by atoms with Crippen LogP contribution < -0.4 is 10.1 Å². The van der Waals surface area contributed by atoms with Crippen LogP contribution in [0, 0.1) is 0 Å². The van der Waals surface area contributed by atoms with Crippen molar-refractivity contribution in [3.05, 3.63) is 23.1 Å². The van der Waals surface area contributed by atoms with Gasteiger partial charge >= 0.3 is 6.09 Å². The van der Waals surface area contributed by atoms with Crippen LogP contribution in [0.15, 0.2) is 23.1 Å². The van der Waals surface area contributed by atoms with Crippen LogP contribution in [-0.4, -0.2) is 28.2 Å². The number of imidazole rings is 1. The molecular formula is C13H16BrN3O3. The molecule has 0 atom stereocenters. The molecule has 0 fully saturated rings. The van der Waals surface area contributed by atoms with Gasteiger partial charge in [-0.2, -0.15) is 0 Å². The molecule has 7 heteroatoms. The number of amides is 1. The molecule has 0 bridgehead atoms. The largest absolute Gasteiger partial charge is 0.494 e. The quantitative estimate of drug-likeness (QED) is 0.908. The van der Waals surface area contributed by atoms with E-state index in [2.05, 4.69) is 26.2 Å². The van der Waals surface area contributed by atoms with Crippen molar-refractivity contribution in [1.29, 1.82) is 0 Å². The van der Waals surface area contributed by atoms with Crippen molar-refractivity contribution in [1.82, 2.24) is 9.38 Å². The number of methoxy groups -OCH3 is 1. The lowest BCUT2D eigenvalue weighted by atomic mass is 10.2. The smallest absolute Gasteiger partial charge is 0.412 e. The molecule has 1 N–H and O–H groups in total. The van der Waals surface area contributed by atoms with Gasteiger partial charge in [-0.15, -0.1) is 0 Å². The van der Waals surface area contributed by atoms with Crippen molar-refractivity contribution in [2.45, 2.75) is 26.4 Å². The molecule has 0 spiro atoms. The third kappa shape index (κ3) is 3.41. The molecule has 20 heavy (non-hydrogen) atoms. The van der Waals surface area contributed by atoms with Gasteiger partial charge in [0.05, 0.1) is 7.11 Å². The summed E-state index contributed by atoms with van der Waals surface area (Å²) in [5.41, 5.74) is 0.669. The molecule has 0 aliphatic rings. The van der Waals surface area contributed by atoms with Gasteiger partial charge in [0.25, 0.3) is 0 Å². The van der Waals surface area contributed by atoms with E-state index in [-0.39, 0.29) is 0 Å². The Morgan fingerprint density at radius 1 is 1.40 bits per heavy atom. The number of carbonyl (C=O) groups is 1. The Hall–Kier alpha value is -1.76. The van der Waals surface area contributed by atoms with Gasteiger partial charge in [-0.05, 0) is 36.7 Å². The van der Waals surface area contributed by atoms with Crippen molar-refractivity contribution >= 4 is 33.4 Å². The van der Waals surface area contributed by atoms with Gasteiger partial charge in [0, 0.05) is 18.5 Å². The van der Waals surface area contributed by atoms with Gasteiger partial charge in [0.1, 0.15) is 27.3 Å². The molecule has 0 aliphatic heterocycles. The molecule has 108 valence electrons. The second-order valence-electron chi connectivity index (χ2n) is 5.21. The summed E-state index contributed by atoms with van der Waals surface area (Å²) in [7, 11) is 1.53. The number of anilines is 1. The summed E-state index contributed by atoms with van der Waals surface area (Å²) in [6.07, 6.45) is 2.97. The lowest BCUT2D eigenvalue weighted by Crippen LogP contribution is -2.27. The predicted octanol–water partition coefficient (Wildman–Crippen LogP) is 3.45. The molecule has 2 aromatic rings. The summed E-state index contributed by atoms with van der Waals surface area (Å²) in [4.78, 5) is 16.1. The van der Waals surface area contributed by atoms with Crippen molar-refractivity contribution in [2.75, 3.05) is 12.4 Å². The van der Waals surface area contributed by atoms with Crippen LogP contribution in [0.3, 0.4) is 0 Å². The number of hydrogen-bond donors (Lipinski definition) is 1. The van der Waals surface area contributed by atoms with Crippen molar-refractivity contribution < 1.29 is 14.3 Å². The van der Waals surface area contributed by atoms with E-state index in [1.54, 1.807) is 43.6 Å². The predicted molar refractivity (Wildman–Crippen MR) is 79.3 cm³/mol. The SMILES string of the molecule is COc1cc2nc(Br)cn2cc1NC(=O)OC(C)(C)C. The van der Waals surface area contributed by atoms with Crippen LogP contribution in [0.1, 0.15) is 20.8 Å². The number of aromatic nitrogens is 2. The number of fused-ring (bicyclic) bond motifs is 1. The molecule has 1 amide bonds. The Morgan fingerprint density at radius 2 is 2.10 bits per heavy atom. The second kappa shape index (κ2) is 5.32. The normalized spacial score (nSPS) is 11.4. The van der Waals surface area contributed by atoms with E-state index < -0.39 is 11.7 Å². The highest BCUT2D eigenvalue weighted by atomic mass is 79.9. The van der Waals surface area contributed by atoms with Crippen LogP contribution in [-0.2, 0) is 4.74 Å². The number of hydrogen-bond acceptors (Lipinski definition) is 4. The highest BCUT2D eigenvalue weighted by molar-refractivity contribution is 9.10. The van der Waals surface area contributed by atoms with E-state index in [9.17, 15) is 4.79 Å². The first-order valence-electron chi connectivity index (χ1n) is 6.01. The Bertz CT molecular complexity index is 646. The summed E-state index contributed by atoms with van der Waals surface area (Å²) >= 11 is 3.30. The van der Waals surface area contributed by atoms with Crippen molar-refractivity contribution in [3.63, 3.8) is 0 Å². The minimum absolute atomic E-state index is 0.513. The number of rotatable bonds is 2. The fourth-order valence-corrected chi connectivity index (χ4v) is 2.06. The van der Waals surface area contributed by atoms with Gasteiger partial charge < -0.3 is 13.9 Å². The third-order valence-electron chi connectivity index (χ3n) is 2.38. The van der Waals surface area contributed by atoms with E-state index >= 15 is 0 Å². The molecule has 0 unspecified atom stereocenters. The van der Waals surface area contributed by atoms with Gasteiger partial charge in [0.15, 0.2) is 0 Å². The van der Waals surface area contributed by atoms with Gasteiger partial charge in [0.2, 0.25) is 0 Å². The number of halogens is 1. The average Bonchev–Trinajstić information content (AvgIpc) is 2.64. The highest BCUT2D eigenvalue weighted by Crippen LogP contribution is 2.27. The van der Waals surface area contributed by atoms with E-state index in [4.69, 9.17) is 9.47 Å². The van der Waals surface area contributed by atoms with Crippen LogP contribution in [0.4, 0.5) is 10.5 Å². The summed E-state index contributed by atoms with van der Waals surface area (Å²) in [6.45, 7) is 5.42. The zero-order chi connectivity index (χ0) is 14.9. The Labute approximate surface area is 125 Å². The number of nitrogens with one attached hydrogen (secondary N) is 1. The van der Waals surface area contributed by atoms with Crippen molar-refractivity contribution in [2.24, 2.45) is 0 Å². The topological polar surface area (TPSA) is 64.9 Å². The van der Waals surface area contributed by atoms with E-state index in [0.29, 0.717) is 21.7 Å². The Kier molecular flexibility index (Phi) is 3.89. The molecule has 0 radical (unpaired) electrons. The summed E-state index contributed by atoms with van der Waals surface area (Å²) in [6, 6.07) is 1.73. The monoisotopic (exact) mass is 341 g/mol. The number of nitrogens with zero attached hydrogens (tertiary/aromatic N) is 2. The zero-order valence-corrected chi connectivity index (χ0v) is 13.3. The molecular weight excluding hydrogens is 326 g/mol. The fourth-order valence-electron chi connectivity index (χ4n) is 1.66. The molecule has 2 aromatic heterocycles. The van der Waals surface area contributed by atoms with Crippen LogP contribution in [0.25, 0.3) is 5.65 Å². The lowest BCUT2D eigenvalue weighted by molar-refractivity contribution is 0.0635. The van der Waals surface area contributed by atoms with Gasteiger partial charge in [-0.25, -0.2) is 9.78 Å². The van der Waals surface area contributed by atoms with E-state index in [1.807, 2.05) is 0 Å². The van der Waals surface area contributed by atoms with Crippen molar-refractivity contribution in [3.8, 4) is 5.75 Å². The molecule has 0 aliphatic carbocycles. The first kappa shape index (κ1) is 14.6. The zero-order valence-electron chi connectivity index (χ0n) is 11.7. The standard InChI is InChI=1S/C13H16BrN3O3/c1-13(2,3)20-12(18)15-8-6-17-7-10(14)16-11(17)5-9(8)19-4/h5-7H,1-4H3,(H,15,18). The molecule has 0 saturated heterocycles. The minimum Gasteiger partial charge on any atom is -0.494 e. The summed E-state index contributed by atoms with van der Waals surface area (Å²) < 4.78 is 13.0. The Balaban J connectivity index is 2.30. The van der Waals surface area contributed by atoms with Gasteiger partial charge in [-0.1, -0.05) is 0 Å². The summed E-state index contributed by atoms with van der Waals surface area (Å²) in [5.74, 6) is 0.515. The maximum absolute atomic E-state index is 11.8. The van der Waals surface area contributed by atoms with Crippen LogP contribution in [0.5, 0.6) is 5.75 Å². The minimum atomic E-state index is -0.556. The molecule has 0 aromatic carbocycles. The maximum Gasteiger partial charge on any atom is 0.412 e. The molecule has 2 heterocycles. The third-order valence-corrected chi connectivity index (χ3v) is 2.76. The number of pyridine rings is 1. The van der Waals surface area contributed by atoms with Gasteiger partial charge in [-0.3, -0.25) is 5.32 Å². The summed E-state index contributed by atoms with van der Waals surface area (Å²) in [5, 5.41) is 2.67. The molecule has 6 nitrogen and oxygen atoms in total. The second-order valence-corrected chi connectivity index (χ2v) is 6.02. The Morgan fingerprint density at radius 3 is 2.70 bits per heavy atom. The molecule has 2 rings (SSSR count). The maximum atomic E-state index is 11.8. The molecule has 0 saturated carbocycles. The first-order valence-corrected chi connectivity index (χ1v) is 6.80. The van der Waals surface area contributed by atoms with E-state index in [1.165, 1.54) is 7.11 Å². The van der Waals surface area contributed by atoms with Crippen LogP contribution in [0.2, 0.25) is 0 Å². The highest BCUT2D eigenvalue weighted by Gasteiger charge is 2.18. The van der Waals surface area contributed by atoms with E-state index in [0.717, 1.165) is 0 Å².